The molecule has 1 aromatic rings. The predicted molar refractivity (Wildman–Crippen MR) is 103 cm³/mol. The molecule has 8 heteroatoms. The van der Waals surface area contributed by atoms with Gasteiger partial charge in [-0.3, -0.25) is 9.59 Å². The Kier molecular flexibility index (Phi) is 5.82. The smallest absolute Gasteiger partial charge is 0.264 e. The first-order valence-electron chi connectivity index (χ1n) is 9.36. The van der Waals surface area contributed by atoms with Crippen LogP contribution in [0.3, 0.4) is 0 Å². The maximum Gasteiger partial charge on any atom is 0.264 e. The monoisotopic (exact) mass is 412 g/mol. The van der Waals surface area contributed by atoms with Gasteiger partial charge in [0.2, 0.25) is 5.91 Å². The minimum atomic E-state index is -4.01. The van der Waals surface area contributed by atoms with Crippen molar-refractivity contribution in [2.45, 2.75) is 62.3 Å². The number of nitrogens with zero attached hydrogens (tertiary/aromatic N) is 1. The average Bonchev–Trinajstić information content (AvgIpc) is 3.11. The summed E-state index contributed by atoms with van der Waals surface area (Å²) in [6.45, 7) is 2.10. The van der Waals surface area contributed by atoms with Crippen molar-refractivity contribution in [2.24, 2.45) is 5.92 Å². The van der Waals surface area contributed by atoms with Gasteiger partial charge in [0.1, 0.15) is 5.54 Å². The number of likely N-dealkylation sites (tertiary alicyclic amines) is 1. The molecule has 1 aliphatic heterocycles. The van der Waals surface area contributed by atoms with Gasteiger partial charge in [0.05, 0.1) is 4.90 Å². The van der Waals surface area contributed by atoms with Crippen LogP contribution in [0, 0.1) is 5.92 Å². The second-order valence-electron chi connectivity index (χ2n) is 7.65. The van der Waals surface area contributed by atoms with Gasteiger partial charge in [-0.1, -0.05) is 37.3 Å². The zero-order chi connectivity index (χ0) is 19.7. The van der Waals surface area contributed by atoms with Gasteiger partial charge >= 0.3 is 0 Å². The number of amides is 2. The second kappa shape index (κ2) is 7.80. The molecule has 2 amide bonds. The Hall–Kier alpha value is -1.60. The molecule has 2 aliphatic rings. The lowest BCUT2D eigenvalue weighted by atomic mass is 9.85. The Morgan fingerprint density at radius 2 is 1.85 bits per heavy atom. The third kappa shape index (κ3) is 4.29. The molecule has 0 bridgehead atoms. The molecule has 1 atom stereocenters. The van der Waals surface area contributed by atoms with E-state index in [2.05, 4.69) is 4.72 Å². The van der Waals surface area contributed by atoms with E-state index < -0.39 is 21.5 Å². The van der Waals surface area contributed by atoms with Gasteiger partial charge < -0.3 is 4.90 Å². The zero-order valence-corrected chi connectivity index (χ0v) is 17.0. The van der Waals surface area contributed by atoms with Crippen molar-refractivity contribution in [1.29, 1.82) is 0 Å². The van der Waals surface area contributed by atoms with E-state index in [1.54, 1.807) is 6.92 Å². The topological polar surface area (TPSA) is 83.6 Å². The van der Waals surface area contributed by atoms with Crippen LogP contribution < -0.4 is 4.72 Å². The van der Waals surface area contributed by atoms with E-state index >= 15 is 0 Å². The number of carbonyl (C=O) groups excluding carboxylic acids is 2. The molecule has 3 rings (SSSR count). The van der Waals surface area contributed by atoms with Gasteiger partial charge in [-0.15, -0.1) is 0 Å². The Bertz CT molecular complexity index is 819. The molecule has 0 aromatic heterocycles. The summed E-state index contributed by atoms with van der Waals surface area (Å²) in [6, 6.07) is 5.58. The lowest BCUT2D eigenvalue weighted by Crippen LogP contribution is -2.67. The highest BCUT2D eigenvalue weighted by molar-refractivity contribution is 7.90. The second-order valence-corrected chi connectivity index (χ2v) is 9.77. The van der Waals surface area contributed by atoms with Gasteiger partial charge in [0, 0.05) is 18.0 Å². The fourth-order valence-electron chi connectivity index (χ4n) is 3.86. The van der Waals surface area contributed by atoms with E-state index in [0.717, 1.165) is 6.42 Å². The van der Waals surface area contributed by atoms with Crippen molar-refractivity contribution >= 4 is 33.4 Å². The maximum atomic E-state index is 12.7. The van der Waals surface area contributed by atoms with Crippen LogP contribution in [0.5, 0.6) is 0 Å². The molecule has 2 fully saturated rings. The van der Waals surface area contributed by atoms with E-state index in [1.807, 2.05) is 0 Å². The van der Waals surface area contributed by atoms with Crippen molar-refractivity contribution in [3.05, 3.63) is 29.3 Å². The Morgan fingerprint density at radius 3 is 2.41 bits per heavy atom. The predicted octanol–water partition coefficient (Wildman–Crippen LogP) is 3.11. The lowest BCUT2D eigenvalue weighted by molar-refractivity contribution is -0.156. The summed E-state index contributed by atoms with van der Waals surface area (Å²) in [7, 11) is -4.01. The molecular weight excluding hydrogens is 388 g/mol. The van der Waals surface area contributed by atoms with Crippen LogP contribution >= 0.6 is 11.6 Å². The van der Waals surface area contributed by atoms with E-state index in [1.165, 1.54) is 54.8 Å². The first kappa shape index (κ1) is 20.1. The van der Waals surface area contributed by atoms with Gasteiger partial charge in [-0.05, 0) is 49.9 Å². The summed E-state index contributed by atoms with van der Waals surface area (Å²) in [6.07, 6.45) is 6.50. The summed E-state index contributed by atoms with van der Waals surface area (Å²) in [4.78, 5) is 26.7. The summed E-state index contributed by atoms with van der Waals surface area (Å²) in [5.74, 6) is -0.145. The van der Waals surface area contributed by atoms with Crippen LogP contribution in [-0.2, 0) is 19.6 Å². The minimum absolute atomic E-state index is 0.0396. The standard InChI is InChI=1S/C19H25ClN2O4S/c1-19(12-13-22(19)17(23)11-6-14-4-2-3-5-14)18(24)21-27(25,26)16-9-7-15(20)8-10-16/h7-10,14H,2-6,11-13H2,1H3,(H,21,24). The summed E-state index contributed by atoms with van der Waals surface area (Å²) >= 11 is 5.78. The molecule has 1 saturated heterocycles. The van der Waals surface area contributed by atoms with E-state index in [-0.39, 0.29) is 10.8 Å². The van der Waals surface area contributed by atoms with Crippen molar-refractivity contribution in [3.8, 4) is 0 Å². The molecule has 1 heterocycles. The van der Waals surface area contributed by atoms with Crippen molar-refractivity contribution in [2.75, 3.05) is 6.54 Å². The number of rotatable bonds is 6. The molecule has 1 aliphatic carbocycles. The van der Waals surface area contributed by atoms with Crippen LogP contribution in [0.25, 0.3) is 0 Å². The molecule has 1 saturated carbocycles. The van der Waals surface area contributed by atoms with Gasteiger partial charge in [-0.2, -0.15) is 0 Å². The van der Waals surface area contributed by atoms with E-state index in [4.69, 9.17) is 11.6 Å². The minimum Gasteiger partial charge on any atom is -0.328 e. The number of halogens is 1. The maximum absolute atomic E-state index is 12.7. The Balaban J connectivity index is 1.62. The number of benzene rings is 1. The molecule has 6 nitrogen and oxygen atoms in total. The molecular formula is C19H25ClN2O4S. The molecule has 148 valence electrons. The van der Waals surface area contributed by atoms with Crippen LogP contribution in [0.15, 0.2) is 29.2 Å². The fraction of sp³-hybridized carbons (Fsp3) is 0.579. The first-order valence-corrected chi connectivity index (χ1v) is 11.2. The van der Waals surface area contributed by atoms with Gasteiger partial charge in [0.25, 0.3) is 15.9 Å². The molecule has 1 N–H and O–H groups in total. The van der Waals surface area contributed by atoms with Crippen LogP contribution in [0.4, 0.5) is 0 Å². The molecule has 1 unspecified atom stereocenters. The van der Waals surface area contributed by atoms with Crippen LogP contribution in [-0.4, -0.2) is 37.2 Å². The molecule has 0 spiro atoms. The SMILES string of the molecule is CC1(C(=O)NS(=O)(=O)c2ccc(Cl)cc2)CCN1C(=O)CCC1CCCC1. The van der Waals surface area contributed by atoms with Crippen LogP contribution in [0.2, 0.25) is 5.02 Å². The normalized spacial score (nSPS) is 23.1. The highest BCUT2D eigenvalue weighted by Crippen LogP contribution is 2.34. The average molecular weight is 413 g/mol. The molecule has 1 aromatic carbocycles. The molecule has 0 radical (unpaired) electrons. The third-order valence-electron chi connectivity index (χ3n) is 5.80. The van der Waals surface area contributed by atoms with Gasteiger partial charge in [-0.25, -0.2) is 13.1 Å². The number of sulfonamides is 1. The number of hydrogen-bond donors (Lipinski definition) is 1. The summed E-state index contributed by atoms with van der Waals surface area (Å²) in [5, 5.41) is 0.408. The summed E-state index contributed by atoms with van der Waals surface area (Å²) in [5.41, 5.74) is -1.12. The lowest BCUT2D eigenvalue weighted by Gasteiger charge is -2.49. The van der Waals surface area contributed by atoms with E-state index in [9.17, 15) is 18.0 Å². The third-order valence-corrected chi connectivity index (χ3v) is 7.40. The highest BCUT2D eigenvalue weighted by Gasteiger charge is 2.50. The van der Waals surface area contributed by atoms with Crippen molar-refractivity contribution in [1.82, 2.24) is 9.62 Å². The molecule has 27 heavy (non-hydrogen) atoms. The fourth-order valence-corrected chi connectivity index (χ4v) is 5.06. The van der Waals surface area contributed by atoms with Crippen LogP contribution in [0.1, 0.15) is 51.9 Å². The first-order chi connectivity index (χ1) is 12.7. The summed E-state index contributed by atoms with van der Waals surface area (Å²) < 4.78 is 27.0. The van der Waals surface area contributed by atoms with Crippen molar-refractivity contribution in [3.63, 3.8) is 0 Å². The highest BCUT2D eigenvalue weighted by atomic mass is 35.5. The zero-order valence-electron chi connectivity index (χ0n) is 15.4. The van der Waals surface area contributed by atoms with Crippen molar-refractivity contribution < 1.29 is 18.0 Å². The Morgan fingerprint density at radius 1 is 1.22 bits per heavy atom. The number of nitrogens with one attached hydrogen (secondary N) is 1. The quantitative estimate of drug-likeness (QED) is 0.778. The van der Waals surface area contributed by atoms with Gasteiger partial charge in [0.15, 0.2) is 0 Å². The number of hydrogen-bond acceptors (Lipinski definition) is 4. The number of carbonyl (C=O) groups is 2. The van der Waals surface area contributed by atoms with E-state index in [0.29, 0.717) is 30.3 Å². The largest absolute Gasteiger partial charge is 0.328 e. The Labute approximate surface area is 165 Å².